The maximum atomic E-state index is 12.7. The number of amides is 1. The first-order chi connectivity index (χ1) is 15.1. The fraction of sp³-hybridized carbons (Fsp3) is 0. The van der Waals surface area contributed by atoms with Crippen LogP contribution in [0.15, 0.2) is 71.6 Å². The molecular weight excluding hydrogens is 462 g/mol. The van der Waals surface area contributed by atoms with Crippen molar-refractivity contribution in [2.45, 2.75) is 4.90 Å². The van der Waals surface area contributed by atoms with E-state index < -0.39 is 26.8 Å². The van der Waals surface area contributed by atoms with E-state index in [0.29, 0.717) is 0 Å². The van der Waals surface area contributed by atoms with Crippen molar-refractivity contribution in [1.29, 1.82) is 0 Å². The highest BCUT2D eigenvalue weighted by molar-refractivity contribution is 7.92. The Hall–Kier alpha value is -3.96. The summed E-state index contributed by atoms with van der Waals surface area (Å²) < 4.78 is 27.7. The molecule has 0 aliphatic heterocycles. The van der Waals surface area contributed by atoms with Crippen LogP contribution in [0.4, 0.5) is 17.1 Å². The van der Waals surface area contributed by atoms with Crippen LogP contribution < -0.4 is 10.0 Å². The van der Waals surface area contributed by atoms with Crippen LogP contribution in [0.25, 0.3) is 0 Å². The van der Waals surface area contributed by atoms with Gasteiger partial charge in [-0.15, -0.1) is 0 Å². The summed E-state index contributed by atoms with van der Waals surface area (Å²) in [6, 6.07) is 13.8. The number of nitrogens with zero attached hydrogens (tertiary/aromatic N) is 1. The number of hydrogen-bond donors (Lipinski definition) is 3. The molecule has 0 fully saturated rings. The van der Waals surface area contributed by atoms with Gasteiger partial charge in [0.25, 0.3) is 21.6 Å². The number of nitro benzene ring substituents is 1. The minimum absolute atomic E-state index is 0.0359. The summed E-state index contributed by atoms with van der Waals surface area (Å²) >= 11 is 6.06. The number of benzene rings is 3. The van der Waals surface area contributed by atoms with Gasteiger partial charge in [0.05, 0.1) is 31.7 Å². The second-order valence-corrected chi connectivity index (χ2v) is 8.48. The lowest BCUT2D eigenvalue weighted by atomic mass is 10.1. The van der Waals surface area contributed by atoms with Gasteiger partial charge in [-0.2, -0.15) is 0 Å². The zero-order chi connectivity index (χ0) is 23.5. The standard InChI is InChI=1S/C20H14ClN3O7S/c21-18-8-7-16(32(30,31)23-14-5-2-6-15(10-14)24(28)29)11-17(18)19(25)22-13-4-1-3-12(9-13)20(26)27/h1-11,23H,(H,22,25)(H,26,27). The van der Waals surface area contributed by atoms with Gasteiger partial charge >= 0.3 is 5.97 Å². The van der Waals surface area contributed by atoms with Crippen molar-refractivity contribution < 1.29 is 28.0 Å². The average Bonchev–Trinajstić information content (AvgIpc) is 2.73. The molecule has 0 bridgehead atoms. The molecule has 164 valence electrons. The summed E-state index contributed by atoms with van der Waals surface area (Å²) in [5.74, 6) is -1.94. The van der Waals surface area contributed by atoms with E-state index in [0.717, 1.165) is 12.1 Å². The van der Waals surface area contributed by atoms with Crippen molar-refractivity contribution in [1.82, 2.24) is 0 Å². The monoisotopic (exact) mass is 475 g/mol. The van der Waals surface area contributed by atoms with Crippen LogP contribution in [0.5, 0.6) is 0 Å². The van der Waals surface area contributed by atoms with Crippen molar-refractivity contribution in [3.63, 3.8) is 0 Å². The Morgan fingerprint density at radius 3 is 2.34 bits per heavy atom. The minimum atomic E-state index is -4.21. The Kier molecular flexibility index (Phi) is 6.42. The molecule has 1 amide bonds. The number of carboxylic acids is 1. The van der Waals surface area contributed by atoms with E-state index >= 15 is 0 Å². The molecular formula is C20H14ClN3O7S. The predicted octanol–water partition coefficient (Wildman–Crippen LogP) is 4.00. The fourth-order valence-corrected chi connectivity index (χ4v) is 3.95. The molecule has 0 saturated carbocycles. The van der Waals surface area contributed by atoms with Gasteiger partial charge in [0.15, 0.2) is 0 Å². The van der Waals surface area contributed by atoms with Crippen molar-refractivity contribution in [3.05, 3.63) is 93.0 Å². The van der Waals surface area contributed by atoms with Gasteiger partial charge in [0.2, 0.25) is 0 Å². The molecule has 10 nitrogen and oxygen atoms in total. The highest BCUT2D eigenvalue weighted by atomic mass is 35.5. The van der Waals surface area contributed by atoms with Crippen LogP contribution in [0.1, 0.15) is 20.7 Å². The fourth-order valence-electron chi connectivity index (χ4n) is 2.67. The van der Waals surface area contributed by atoms with Gasteiger partial charge in [0.1, 0.15) is 0 Å². The largest absolute Gasteiger partial charge is 0.478 e. The van der Waals surface area contributed by atoms with Crippen LogP contribution >= 0.6 is 11.6 Å². The number of carbonyl (C=O) groups is 2. The molecule has 0 unspecified atom stereocenters. The Morgan fingerprint density at radius 2 is 1.66 bits per heavy atom. The maximum absolute atomic E-state index is 12.7. The number of sulfonamides is 1. The summed E-state index contributed by atoms with van der Waals surface area (Å²) in [4.78, 5) is 33.6. The second-order valence-electron chi connectivity index (χ2n) is 6.39. The predicted molar refractivity (Wildman–Crippen MR) is 117 cm³/mol. The molecule has 0 atom stereocenters. The van der Waals surface area contributed by atoms with Crippen molar-refractivity contribution in [3.8, 4) is 0 Å². The molecule has 0 radical (unpaired) electrons. The summed E-state index contributed by atoms with van der Waals surface area (Å²) in [7, 11) is -4.21. The molecule has 0 heterocycles. The van der Waals surface area contributed by atoms with E-state index in [9.17, 15) is 28.1 Å². The van der Waals surface area contributed by atoms with E-state index in [1.54, 1.807) is 0 Å². The first-order valence-electron chi connectivity index (χ1n) is 8.78. The number of carbonyl (C=O) groups excluding carboxylic acids is 1. The van der Waals surface area contributed by atoms with Gasteiger partial charge < -0.3 is 10.4 Å². The molecule has 3 aromatic carbocycles. The zero-order valence-corrected chi connectivity index (χ0v) is 17.6. The average molecular weight is 476 g/mol. The number of carboxylic acid groups (broad SMARTS) is 1. The normalized spacial score (nSPS) is 10.9. The third-order valence-corrected chi connectivity index (χ3v) is 5.88. The number of non-ortho nitro benzene ring substituents is 1. The van der Waals surface area contributed by atoms with Crippen molar-refractivity contribution >= 4 is 50.6 Å². The molecule has 3 aromatic rings. The maximum Gasteiger partial charge on any atom is 0.335 e. The number of aromatic carboxylic acids is 1. The van der Waals surface area contributed by atoms with Crippen LogP contribution in [0, 0.1) is 10.1 Å². The molecule has 0 aliphatic rings. The van der Waals surface area contributed by atoms with E-state index in [-0.39, 0.29) is 38.1 Å². The molecule has 0 spiro atoms. The summed E-state index contributed by atoms with van der Waals surface area (Å²) in [6.45, 7) is 0. The number of rotatable bonds is 7. The minimum Gasteiger partial charge on any atom is -0.478 e. The van der Waals surface area contributed by atoms with E-state index in [1.807, 2.05) is 0 Å². The van der Waals surface area contributed by atoms with Gasteiger partial charge in [-0.05, 0) is 42.5 Å². The number of hydrogen-bond acceptors (Lipinski definition) is 6. The molecule has 0 aromatic heterocycles. The van der Waals surface area contributed by atoms with Gasteiger partial charge in [-0.3, -0.25) is 19.6 Å². The second kappa shape index (κ2) is 9.04. The van der Waals surface area contributed by atoms with Crippen LogP contribution in [0.3, 0.4) is 0 Å². The molecule has 32 heavy (non-hydrogen) atoms. The third-order valence-electron chi connectivity index (χ3n) is 4.17. The third kappa shape index (κ3) is 5.20. The number of nitrogens with one attached hydrogen (secondary N) is 2. The Morgan fingerprint density at radius 1 is 0.969 bits per heavy atom. The zero-order valence-electron chi connectivity index (χ0n) is 16.0. The van der Waals surface area contributed by atoms with Crippen LogP contribution in [-0.2, 0) is 10.0 Å². The molecule has 12 heteroatoms. The lowest BCUT2D eigenvalue weighted by Gasteiger charge is -2.11. The molecule has 0 saturated heterocycles. The molecule has 0 aliphatic carbocycles. The van der Waals surface area contributed by atoms with Crippen LogP contribution in [-0.4, -0.2) is 30.3 Å². The Labute approximate surface area is 186 Å². The van der Waals surface area contributed by atoms with E-state index in [4.69, 9.17) is 16.7 Å². The van der Waals surface area contributed by atoms with Crippen LogP contribution in [0.2, 0.25) is 5.02 Å². The van der Waals surface area contributed by atoms with Crippen molar-refractivity contribution in [2.24, 2.45) is 0 Å². The van der Waals surface area contributed by atoms with Gasteiger partial charge in [0, 0.05) is 17.8 Å². The Balaban J connectivity index is 1.88. The summed E-state index contributed by atoms with van der Waals surface area (Å²) in [5, 5.41) is 22.4. The smallest absolute Gasteiger partial charge is 0.335 e. The van der Waals surface area contributed by atoms with Gasteiger partial charge in [-0.25, -0.2) is 13.2 Å². The lowest BCUT2D eigenvalue weighted by Crippen LogP contribution is -2.16. The topological polar surface area (TPSA) is 156 Å². The molecule has 3 N–H and O–H groups in total. The summed E-state index contributed by atoms with van der Waals surface area (Å²) in [6.07, 6.45) is 0. The SMILES string of the molecule is O=C(O)c1cccc(NC(=O)c2cc(S(=O)(=O)Nc3cccc([N+](=O)[O-])c3)ccc2Cl)c1. The van der Waals surface area contributed by atoms with Crippen molar-refractivity contribution in [2.75, 3.05) is 10.0 Å². The number of anilines is 2. The van der Waals surface area contributed by atoms with E-state index in [2.05, 4.69) is 10.0 Å². The summed E-state index contributed by atoms with van der Waals surface area (Å²) in [5.41, 5.74) is -0.384. The lowest BCUT2D eigenvalue weighted by molar-refractivity contribution is -0.384. The first-order valence-corrected chi connectivity index (χ1v) is 10.6. The number of halogens is 1. The van der Waals surface area contributed by atoms with Gasteiger partial charge in [-0.1, -0.05) is 23.7 Å². The highest BCUT2D eigenvalue weighted by Crippen LogP contribution is 2.25. The molecule has 3 rings (SSSR count). The Bertz CT molecular complexity index is 1340. The highest BCUT2D eigenvalue weighted by Gasteiger charge is 2.20. The quantitative estimate of drug-likeness (QED) is 0.344. The number of nitro groups is 1. The van der Waals surface area contributed by atoms with E-state index in [1.165, 1.54) is 54.6 Å². The first kappa shape index (κ1) is 22.7.